The van der Waals surface area contributed by atoms with E-state index in [1.807, 2.05) is 41.8 Å². The first-order valence-electron chi connectivity index (χ1n) is 19.5. The highest BCUT2D eigenvalue weighted by Crippen LogP contribution is 2.46. The monoisotopic (exact) mass is 805 g/mol. The second-order valence-corrected chi connectivity index (χ2v) is 18.2. The van der Waals surface area contributed by atoms with Crippen LogP contribution in [-0.2, 0) is 24.4 Å². The zero-order chi connectivity index (χ0) is 39.0. The van der Waals surface area contributed by atoms with Gasteiger partial charge >= 0.3 is 6.03 Å². The molecule has 3 aliphatic heterocycles. The van der Waals surface area contributed by atoms with Crippen LogP contribution >= 0.6 is 11.3 Å². The number of rotatable bonds is 8. The van der Waals surface area contributed by atoms with Crippen molar-refractivity contribution >= 4 is 45.1 Å². The summed E-state index contributed by atoms with van der Waals surface area (Å²) in [6.07, 6.45) is 12.0. The lowest BCUT2D eigenvalue weighted by molar-refractivity contribution is -0.141. The number of nitrogens with zero attached hydrogens (tertiary/aromatic N) is 6. The number of methoxy groups -OCH3 is 1. The molecule has 16 nitrogen and oxygen atoms in total. The van der Waals surface area contributed by atoms with E-state index in [9.17, 15) is 27.6 Å². The van der Waals surface area contributed by atoms with Crippen LogP contribution in [0.25, 0.3) is 22.0 Å². The number of allylic oxidation sites excluding steroid dienone is 1. The van der Waals surface area contributed by atoms with E-state index in [0.717, 1.165) is 37.7 Å². The number of carbonyl (C=O) groups excluding carboxylic acids is 4. The number of amides is 5. The minimum Gasteiger partial charge on any atom is -0.497 e. The Labute approximate surface area is 329 Å². The number of thiazole rings is 1. The number of hydrogen-bond acceptors (Lipinski definition) is 11. The Balaban J connectivity index is 1.13. The fourth-order valence-electron chi connectivity index (χ4n) is 8.02. The second-order valence-electron chi connectivity index (χ2n) is 15.4. The van der Waals surface area contributed by atoms with Gasteiger partial charge in [0.2, 0.25) is 21.8 Å². The minimum absolute atomic E-state index is 0.0552. The molecular weight excluding hydrogens is 759 g/mol. The average Bonchev–Trinajstić information content (AvgIpc) is 3.74. The molecule has 2 saturated heterocycles. The zero-order valence-corrected chi connectivity index (χ0v) is 32.9. The molecule has 5 amide bonds. The highest BCUT2D eigenvalue weighted by atomic mass is 32.2. The maximum Gasteiger partial charge on any atom is 0.318 e. The van der Waals surface area contributed by atoms with Crippen molar-refractivity contribution in [3.8, 4) is 27.7 Å². The van der Waals surface area contributed by atoms with Crippen molar-refractivity contribution < 1.29 is 32.3 Å². The molecule has 2 aromatic heterocycles. The molecule has 2 aliphatic carbocycles. The van der Waals surface area contributed by atoms with Crippen LogP contribution in [0.1, 0.15) is 76.7 Å². The quantitative estimate of drug-likeness (QED) is 0.284. The lowest BCUT2D eigenvalue weighted by Gasteiger charge is -2.30. The third-order valence-corrected chi connectivity index (χ3v) is 14.1. The molecule has 8 rings (SSSR count). The van der Waals surface area contributed by atoms with E-state index in [1.54, 1.807) is 18.2 Å². The molecule has 18 heteroatoms. The Bertz CT molecular complexity index is 2100. The van der Waals surface area contributed by atoms with Crippen LogP contribution < -0.4 is 20.1 Å². The molecule has 0 unspecified atom stereocenters. The Morgan fingerprint density at radius 1 is 1.00 bits per heavy atom. The van der Waals surface area contributed by atoms with Crippen molar-refractivity contribution in [1.82, 2.24) is 45.1 Å². The Morgan fingerprint density at radius 2 is 1.77 bits per heavy atom. The maximum absolute atomic E-state index is 14.7. The van der Waals surface area contributed by atoms with Gasteiger partial charge in [-0.05, 0) is 75.6 Å². The van der Waals surface area contributed by atoms with Crippen LogP contribution in [0, 0.1) is 5.92 Å². The first-order chi connectivity index (χ1) is 27.1. The van der Waals surface area contributed by atoms with Gasteiger partial charge < -0.3 is 25.2 Å². The molecule has 56 heavy (non-hydrogen) atoms. The van der Waals surface area contributed by atoms with Crippen molar-refractivity contribution in [3.63, 3.8) is 0 Å². The largest absolute Gasteiger partial charge is 0.497 e. The highest BCUT2D eigenvalue weighted by Gasteiger charge is 2.62. The molecule has 3 N–H and O–H groups in total. The van der Waals surface area contributed by atoms with Gasteiger partial charge in [0.15, 0.2) is 0 Å². The molecule has 0 spiro atoms. The molecule has 0 radical (unpaired) electrons. The summed E-state index contributed by atoms with van der Waals surface area (Å²) in [5, 5.41) is 17.6. The van der Waals surface area contributed by atoms with Gasteiger partial charge in [-0.3, -0.25) is 19.1 Å². The van der Waals surface area contributed by atoms with Crippen LogP contribution in [0.4, 0.5) is 4.79 Å². The van der Waals surface area contributed by atoms with E-state index in [-0.39, 0.29) is 25.4 Å². The lowest BCUT2D eigenvalue weighted by atomic mass is 10.0. The number of ether oxygens (including phenoxy) is 1. The fourth-order valence-corrected chi connectivity index (χ4v) is 10.0. The summed E-state index contributed by atoms with van der Waals surface area (Å²) in [5.74, 6) is -1.50. The minimum atomic E-state index is -3.89. The van der Waals surface area contributed by atoms with Crippen molar-refractivity contribution in [3.05, 3.63) is 48.0 Å². The standard InChI is InChI=1S/C38H47N9O7S2/c1-54-27-13-11-24(12-14-27)31-32(34-39-17-20-55-34)43-47(42-31)26-21-30-33(48)41-38(36(50)44-56(52,53)28-15-16-28)22-25(38)9-5-3-2-4-6-10-29(35(49)46(30)23-26)40-37(51)45-18-7-8-19-45/h5,9,11-14,17,20,25-26,28-30H,2-4,6-8,10,15-16,18-19,21-23H2,1H3,(H,40,51)(H,41,48)(H,44,50)/b9-5+/t25-,26-,29-,30+,38-/m1/s1. The molecular formula is C38H47N9O7S2. The number of aromatic nitrogens is 4. The van der Waals surface area contributed by atoms with Crippen LogP contribution in [-0.4, -0.2) is 112 Å². The number of benzene rings is 1. The predicted octanol–water partition coefficient (Wildman–Crippen LogP) is 3.40. The van der Waals surface area contributed by atoms with Gasteiger partial charge in [0.1, 0.15) is 39.8 Å². The maximum atomic E-state index is 14.7. The second kappa shape index (κ2) is 15.6. The fraction of sp³-hybridized carbons (Fsp3) is 0.553. The first-order valence-corrected chi connectivity index (χ1v) is 21.9. The summed E-state index contributed by atoms with van der Waals surface area (Å²) in [7, 11) is -2.30. The van der Waals surface area contributed by atoms with E-state index < -0.39 is 62.6 Å². The van der Waals surface area contributed by atoms with Crippen LogP contribution in [0.3, 0.4) is 0 Å². The van der Waals surface area contributed by atoms with E-state index in [1.165, 1.54) is 21.0 Å². The van der Waals surface area contributed by atoms with Gasteiger partial charge in [-0.15, -0.1) is 16.4 Å². The third kappa shape index (κ3) is 7.77. The third-order valence-electron chi connectivity index (χ3n) is 11.5. The summed E-state index contributed by atoms with van der Waals surface area (Å²) in [6.45, 7) is 1.28. The Morgan fingerprint density at radius 3 is 2.48 bits per heavy atom. The summed E-state index contributed by atoms with van der Waals surface area (Å²) in [4.78, 5) is 65.7. The number of sulfonamides is 1. The van der Waals surface area contributed by atoms with Gasteiger partial charge in [0.05, 0.1) is 18.4 Å². The number of nitrogens with one attached hydrogen (secondary N) is 3. The normalized spacial score (nSPS) is 27.7. The SMILES string of the molecule is COc1ccc(-c2nn([C@@H]3C[C@H]4C(=O)N[C@]5(C(=O)NS(=O)(=O)C6CC6)C[C@H]5/C=C/CCCCC[C@@H](NC(=O)N5CCCC5)C(=O)N4C3)nc2-c2nccs2)cc1. The molecule has 4 fully saturated rings. The van der Waals surface area contributed by atoms with Gasteiger partial charge in [-0.2, -0.15) is 9.90 Å². The summed E-state index contributed by atoms with van der Waals surface area (Å²) >= 11 is 1.41. The van der Waals surface area contributed by atoms with E-state index in [4.69, 9.17) is 14.9 Å². The zero-order valence-electron chi connectivity index (χ0n) is 31.3. The van der Waals surface area contributed by atoms with E-state index in [2.05, 4.69) is 20.3 Å². The number of hydrogen-bond donors (Lipinski definition) is 3. The summed E-state index contributed by atoms with van der Waals surface area (Å²) in [6, 6.07) is 4.57. The number of fused-ring (bicyclic) bond motifs is 2. The van der Waals surface area contributed by atoms with E-state index >= 15 is 0 Å². The van der Waals surface area contributed by atoms with Crippen LogP contribution in [0.2, 0.25) is 0 Å². The molecule has 0 bridgehead atoms. The summed E-state index contributed by atoms with van der Waals surface area (Å²) < 4.78 is 33.4. The number of likely N-dealkylation sites (tertiary alicyclic amines) is 1. The van der Waals surface area contributed by atoms with Gasteiger partial charge in [0.25, 0.3) is 5.91 Å². The molecule has 5 aliphatic rings. The van der Waals surface area contributed by atoms with Crippen molar-refractivity contribution in [2.45, 2.75) is 99.5 Å². The topological polar surface area (TPSA) is 198 Å². The predicted molar refractivity (Wildman–Crippen MR) is 207 cm³/mol. The summed E-state index contributed by atoms with van der Waals surface area (Å²) in [5.41, 5.74) is 0.394. The van der Waals surface area contributed by atoms with Gasteiger partial charge in [0, 0.05) is 49.1 Å². The Hall–Kier alpha value is -4.84. The molecule has 1 aromatic carbocycles. The number of urea groups is 1. The highest BCUT2D eigenvalue weighted by molar-refractivity contribution is 7.91. The van der Waals surface area contributed by atoms with Crippen LogP contribution in [0.5, 0.6) is 5.75 Å². The lowest BCUT2D eigenvalue weighted by Crippen LogP contribution is -2.58. The van der Waals surface area contributed by atoms with Crippen molar-refractivity contribution in [2.75, 3.05) is 26.7 Å². The molecule has 5 heterocycles. The average molecular weight is 806 g/mol. The van der Waals surface area contributed by atoms with Gasteiger partial charge in [-0.1, -0.05) is 25.0 Å². The molecule has 298 valence electrons. The molecule has 2 saturated carbocycles. The van der Waals surface area contributed by atoms with E-state index in [0.29, 0.717) is 60.9 Å². The molecule has 3 aromatic rings. The van der Waals surface area contributed by atoms with Crippen molar-refractivity contribution in [1.29, 1.82) is 0 Å². The smallest absolute Gasteiger partial charge is 0.318 e. The molecule has 5 atom stereocenters. The van der Waals surface area contributed by atoms with Crippen LogP contribution in [0.15, 0.2) is 48.0 Å². The van der Waals surface area contributed by atoms with Gasteiger partial charge in [-0.25, -0.2) is 18.2 Å². The Kier molecular flexibility index (Phi) is 10.6. The number of carbonyl (C=O) groups is 4. The first kappa shape index (κ1) is 38.1. The van der Waals surface area contributed by atoms with Crippen molar-refractivity contribution in [2.24, 2.45) is 5.92 Å².